The van der Waals surface area contributed by atoms with Gasteiger partial charge in [-0.3, -0.25) is 4.90 Å². The molecule has 0 saturated heterocycles. The standard InChI is InChI=1S/C30H36NOS2/c1-6-31(19-9-7-8-18-30(2,3)4)22-25-11-10-12-28(21-25)32-24-34(5)29-15-13-26(14-16-29)27-17-20-33-23-27/h7,9-17,20-21,23H,6,19,22,24H2,1-5H3/q+1/b9-7+. The molecule has 178 valence electrons. The molecule has 3 aromatic rings. The van der Waals surface area contributed by atoms with Crippen molar-refractivity contribution in [3.63, 3.8) is 0 Å². The molecule has 2 nitrogen and oxygen atoms in total. The molecule has 1 heterocycles. The summed E-state index contributed by atoms with van der Waals surface area (Å²) in [5.41, 5.74) is 3.87. The molecule has 0 saturated carbocycles. The van der Waals surface area contributed by atoms with Crippen LogP contribution in [0.25, 0.3) is 11.1 Å². The number of allylic oxidation sites excluding steroid dienone is 1. The third-order valence-electron chi connectivity index (χ3n) is 5.28. The Labute approximate surface area is 213 Å². The third-order valence-corrected chi connectivity index (χ3v) is 7.51. The highest BCUT2D eigenvalue weighted by atomic mass is 32.2. The van der Waals surface area contributed by atoms with Crippen LogP contribution >= 0.6 is 11.3 Å². The molecule has 1 unspecified atom stereocenters. The SMILES string of the molecule is CCN(C/C=C/C#CC(C)(C)C)Cc1cccc(OC[S+](C)c2ccc(-c3ccsc3)cc2)c1. The fraction of sp³-hybridized carbons (Fsp3) is 0.333. The second kappa shape index (κ2) is 12.9. The van der Waals surface area contributed by atoms with Gasteiger partial charge >= 0.3 is 0 Å². The lowest BCUT2D eigenvalue weighted by Gasteiger charge is -2.18. The number of thiophene rings is 1. The quantitative estimate of drug-likeness (QED) is 0.216. The zero-order chi connectivity index (χ0) is 24.4. The van der Waals surface area contributed by atoms with Crippen molar-refractivity contribution in [2.24, 2.45) is 5.41 Å². The number of hydrogen-bond acceptors (Lipinski definition) is 3. The van der Waals surface area contributed by atoms with Crippen molar-refractivity contribution in [3.8, 4) is 28.7 Å². The molecule has 0 spiro atoms. The zero-order valence-electron chi connectivity index (χ0n) is 21.0. The molecule has 0 aliphatic carbocycles. The van der Waals surface area contributed by atoms with Crippen LogP contribution in [-0.4, -0.2) is 30.2 Å². The van der Waals surface area contributed by atoms with Gasteiger partial charge in [-0.05, 0) is 103 Å². The Bertz CT molecular complexity index is 1100. The van der Waals surface area contributed by atoms with Gasteiger partial charge in [0.25, 0.3) is 5.94 Å². The molecule has 1 atom stereocenters. The van der Waals surface area contributed by atoms with Crippen LogP contribution in [0.15, 0.2) is 82.4 Å². The second-order valence-electron chi connectivity index (χ2n) is 9.33. The highest BCUT2D eigenvalue weighted by Gasteiger charge is 2.16. The first-order valence-corrected chi connectivity index (χ1v) is 14.5. The lowest BCUT2D eigenvalue weighted by atomic mass is 9.98. The highest BCUT2D eigenvalue weighted by Crippen LogP contribution is 2.24. The average molecular weight is 491 g/mol. The molecule has 0 fully saturated rings. The van der Waals surface area contributed by atoms with Crippen LogP contribution < -0.4 is 4.74 Å². The maximum absolute atomic E-state index is 6.19. The van der Waals surface area contributed by atoms with Gasteiger partial charge in [0.1, 0.15) is 12.0 Å². The van der Waals surface area contributed by atoms with E-state index in [9.17, 15) is 0 Å². The topological polar surface area (TPSA) is 12.5 Å². The fourth-order valence-electron chi connectivity index (χ4n) is 3.35. The van der Waals surface area contributed by atoms with Crippen molar-refractivity contribution in [1.29, 1.82) is 0 Å². The van der Waals surface area contributed by atoms with E-state index in [1.54, 1.807) is 11.3 Å². The Kier molecular flexibility index (Phi) is 9.89. The number of nitrogens with zero attached hydrogens (tertiary/aromatic N) is 1. The van der Waals surface area contributed by atoms with Crippen molar-refractivity contribution in [2.75, 3.05) is 25.3 Å². The summed E-state index contributed by atoms with van der Waals surface area (Å²) in [6.45, 7) is 11.4. The minimum absolute atomic E-state index is 0.0271. The molecule has 0 amide bonds. The largest absolute Gasteiger partial charge is 0.448 e. The summed E-state index contributed by atoms with van der Waals surface area (Å²) in [5.74, 6) is 8.02. The van der Waals surface area contributed by atoms with E-state index in [0.29, 0.717) is 5.94 Å². The molecule has 0 radical (unpaired) electrons. The zero-order valence-corrected chi connectivity index (χ0v) is 22.6. The Morgan fingerprint density at radius 1 is 1.06 bits per heavy atom. The summed E-state index contributed by atoms with van der Waals surface area (Å²) in [6, 6.07) is 19.5. The summed E-state index contributed by atoms with van der Waals surface area (Å²) >= 11 is 1.73. The minimum atomic E-state index is 0.0271. The number of ether oxygens (including phenoxy) is 1. The molecule has 0 bridgehead atoms. The Hall–Kier alpha value is -2.45. The van der Waals surface area contributed by atoms with Crippen LogP contribution in [0.4, 0.5) is 0 Å². The van der Waals surface area contributed by atoms with Gasteiger partial charge in [0.05, 0.1) is 10.9 Å². The monoisotopic (exact) mass is 490 g/mol. The Balaban J connectivity index is 1.52. The van der Waals surface area contributed by atoms with E-state index in [-0.39, 0.29) is 16.3 Å². The summed E-state index contributed by atoms with van der Waals surface area (Å²) in [4.78, 5) is 3.72. The van der Waals surface area contributed by atoms with E-state index in [1.165, 1.54) is 21.6 Å². The highest BCUT2D eigenvalue weighted by molar-refractivity contribution is 7.96. The molecule has 2 aromatic carbocycles. The Morgan fingerprint density at radius 2 is 1.85 bits per heavy atom. The number of hydrogen-bond donors (Lipinski definition) is 0. The first kappa shape index (κ1) is 26.2. The molecule has 0 aliphatic rings. The van der Waals surface area contributed by atoms with Crippen molar-refractivity contribution in [1.82, 2.24) is 4.90 Å². The average Bonchev–Trinajstić information content (AvgIpc) is 3.36. The maximum Gasteiger partial charge on any atom is 0.252 e. The summed E-state index contributed by atoms with van der Waals surface area (Å²) in [7, 11) is 0.0271. The molecule has 1 aromatic heterocycles. The molecule has 34 heavy (non-hydrogen) atoms. The van der Waals surface area contributed by atoms with E-state index < -0.39 is 0 Å². The predicted octanol–water partition coefficient (Wildman–Crippen LogP) is 7.49. The van der Waals surface area contributed by atoms with Gasteiger partial charge < -0.3 is 4.74 Å². The third kappa shape index (κ3) is 8.72. The lowest BCUT2D eigenvalue weighted by Crippen LogP contribution is -2.22. The summed E-state index contributed by atoms with van der Waals surface area (Å²) in [5, 5.41) is 4.31. The van der Waals surface area contributed by atoms with Gasteiger partial charge in [0.2, 0.25) is 0 Å². The van der Waals surface area contributed by atoms with Crippen LogP contribution in [0.1, 0.15) is 33.3 Å². The van der Waals surface area contributed by atoms with Crippen LogP contribution in [0.3, 0.4) is 0 Å². The normalized spacial score (nSPS) is 12.5. The van der Waals surface area contributed by atoms with Gasteiger partial charge in [0.15, 0.2) is 4.90 Å². The molecule has 0 N–H and O–H groups in total. The van der Waals surface area contributed by atoms with Crippen LogP contribution in [0.2, 0.25) is 0 Å². The lowest BCUT2D eigenvalue weighted by molar-refractivity contribution is 0.310. The smallest absolute Gasteiger partial charge is 0.252 e. The number of rotatable bonds is 10. The van der Waals surface area contributed by atoms with Crippen molar-refractivity contribution in [2.45, 2.75) is 39.1 Å². The first-order valence-electron chi connectivity index (χ1n) is 11.7. The summed E-state index contributed by atoms with van der Waals surface area (Å²) < 4.78 is 6.19. The van der Waals surface area contributed by atoms with Gasteiger partial charge in [-0.15, -0.1) is 0 Å². The summed E-state index contributed by atoms with van der Waals surface area (Å²) in [6.07, 6.45) is 6.37. The number of likely N-dealkylation sites (N-methyl/N-ethyl adjacent to an activating group) is 1. The van der Waals surface area contributed by atoms with Crippen molar-refractivity contribution < 1.29 is 4.74 Å². The predicted molar refractivity (Wildman–Crippen MR) is 151 cm³/mol. The molecular formula is C30H36NOS2+. The van der Waals surface area contributed by atoms with Gasteiger partial charge in [-0.2, -0.15) is 11.3 Å². The van der Waals surface area contributed by atoms with Crippen LogP contribution in [-0.2, 0) is 17.4 Å². The van der Waals surface area contributed by atoms with Crippen LogP contribution in [0, 0.1) is 17.3 Å². The van der Waals surface area contributed by atoms with E-state index >= 15 is 0 Å². The second-order valence-corrected chi connectivity index (χ2v) is 12.1. The van der Waals surface area contributed by atoms with Crippen molar-refractivity contribution in [3.05, 3.63) is 83.1 Å². The molecular weight excluding hydrogens is 454 g/mol. The van der Waals surface area contributed by atoms with Gasteiger partial charge in [-0.1, -0.05) is 37.0 Å². The van der Waals surface area contributed by atoms with E-state index in [2.05, 4.69) is 122 Å². The Morgan fingerprint density at radius 3 is 2.53 bits per heavy atom. The molecule has 4 heteroatoms. The maximum atomic E-state index is 6.19. The van der Waals surface area contributed by atoms with Gasteiger partial charge in [-0.25, -0.2) is 0 Å². The minimum Gasteiger partial charge on any atom is -0.448 e. The van der Waals surface area contributed by atoms with Crippen LogP contribution in [0.5, 0.6) is 5.75 Å². The fourth-order valence-corrected chi connectivity index (χ4v) is 5.06. The van der Waals surface area contributed by atoms with E-state index in [0.717, 1.165) is 25.4 Å². The molecule has 3 rings (SSSR count). The van der Waals surface area contributed by atoms with Crippen molar-refractivity contribution >= 4 is 22.2 Å². The molecule has 0 aliphatic heterocycles. The van der Waals surface area contributed by atoms with Gasteiger partial charge in [0, 0.05) is 18.5 Å². The van der Waals surface area contributed by atoms with E-state index in [4.69, 9.17) is 4.74 Å². The number of benzene rings is 2. The first-order chi connectivity index (χ1) is 16.3. The van der Waals surface area contributed by atoms with E-state index in [1.807, 2.05) is 6.08 Å².